The van der Waals surface area contributed by atoms with E-state index in [0.29, 0.717) is 27.2 Å². The number of nitrogen functional groups attached to an aromatic ring is 1. The molecule has 0 fully saturated rings. The van der Waals surface area contributed by atoms with Crippen LogP contribution in [-0.2, 0) is 0 Å². The Bertz CT molecular complexity index is 602. The zero-order chi connectivity index (χ0) is 13.1. The summed E-state index contributed by atoms with van der Waals surface area (Å²) in [6.07, 6.45) is 1.51. The number of halogens is 2. The topological polar surface area (TPSA) is 72.0 Å². The largest absolute Gasteiger partial charge is 0.437 e. The molecule has 0 radical (unpaired) electrons. The van der Waals surface area contributed by atoms with Gasteiger partial charge in [-0.05, 0) is 24.3 Å². The lowest BCUT2D eigenvalue weighted by Crippen LogP contribution is -2.11. The van der Waals surface area contributed by atoms with Gasteiger partial charge in [-0.2, -0.15) is 0 Å². The number of ether oxygens (including phenoxy) is 1. The highest BCUT2D eigenvalue weighted by Crippen LogP contribution is 2.30. The van der Waals surface area contributed by atoms with Crippen LogP contribution in [-0.4, -0.2) is 10.8 Å². The van der Waals surface area contributed by atoms with Crippen molar-refractivity contribution >= 4 is 29.0 Å². The molecule has 1 aromatic carbocycles. The van der Waals surface area contributed by atoms with Crippen LogP contribution in [0.25, 0.3) is 0 Å². The summed E-state index contributed by atoms with van der Waals surface area (Å²) in [7, 11) is 0. The first kappa shape index (κ1) is 12.7. The van der Waals surface area contributed by atoms with Crippen LogP contribution in [0.4, 0.5) is 0 Å². The van der Waals surface area contributed by atoms with E-state index in [1.807, 2.05) is 0 Å². The van der Waals surface area contributed by atoms with Gasteiger partial charge in [-0.1, -0.05) is 23.2 Å². The number of nitrogens with two attached hydrogens (primary N) is 1. The van der Waals surface area contributed by atoms with Gasteiger partial charge in [0.15, 0.2) is 0 Å². The first-order valence-electron chi connectivity index (χ1n) is 4.99. The van der Waals surface area contributed by atoms with E-state index in [0.717, 1.165) is 0 Å². The Morgan fingerprint density at radius 3 is 2.67 bits per heavy atom. The number of aromatic nitrogens is 1. The third-order valence-corrected chi connectivity index (χ3v) is 2.68. The fourth-order valence-electron chi connectivity index (χ4n) is 1.30. The number of benzene rings is 1. The maximum absolute atomic E-state index is 7.33. The molecule has 92 valence electrons. The molecule has 3 N–H and O–H groups in total. The Morgan fingerprint density at radius 1 is 1.22 bits per heavy atom. The average Bonchev–Trinajstić information content (AvgIpc) is 2.33. The summed E-state index contributed by atoms with van der Waals surface area (Å²) in [5.74, 6) is 0.700. The first-order chi connectivity index (χ1) is 8.56. The van der Waals surface area contributed by atoms with Gasteiger partial charge in [0.2, 0.25) is 5.88 Å². The van der Waals surface area contributed by atoms with Gasteiger partial charge in [0, 0.05) is 22.8 Å². The molecule has 6 heteroatoms. The lowest BCUT2D eigenvalue weighted by Gasteiger charge is -2.07. The van der Waals surface area contributed by atoms with Gasteiger partial charge in [0.1, 0.15) is 11.6 Å². The van der Waals surface area contributed by atoms with E-state index in [1.54, 1.807) is 30.3 Å². The summed E-state index contributed by atoms with van der Waals surface area (Å²) in [4.78, 5) is 4.01. The van der Waals surface area contributed by atoms with Gasteiger partial charge in [0.25, 0.3) is 0 Å². The molecule has 0 atom stereocenters. The highest BCUT2D eigenvalue weighted by Gasteiger charge is 2.06. The van der Waals surface area contributed by atoms with Crippen molar-refractivity contribution in [1.82, 2.24) is 4.98 Å². The van der Waals surface area contributed by atoms with E-state index < -0.39 is 0 Å². The van der Waals surface area contributed by atoms with Gasteiger partial charge in [0.05, 0.1) is 5.02 Å². The summed E-state index contributed by atoms with van der Waals surface area (Å²) < 4.78 is 5.50. The Balaban J connectivity index is 2.28. The van der Waals surface area contributed by atoms with Crippen LogP contribution >= 0.6 is 23.2 Å². The first-order valence-corrected chi connectivity index (χ1v) is 5.75. The smallest absolute Gasteiger partial charge is 0.219 e. The Hall–Kier alpha value is -1.78. The molecule has 1 aromatic heterocycles. The predicted molar refractivity (Wildman–Crippen MR) is 71.8 cm³/mol. The lowest BCUT2D eigenvalue weighted by atomic mass is 10.2. The minimum Gasteiger partial charge on any atom is -0.437 e. The van der Waals surface area contributed by atoms with Crippen molar-refractivity contribution in [3.63, 3.8) is 0 Å². The predicted octanol–water partition coefficient (Wildman–Crippen LogP) is 3.46. The van der Waals surface area contributed by atoms with E-state index in [4.69, 9.17) is 39.1 Å². The van der Waals surface area contributed by atoms with Crippen molar-refractivity contribution < 1.29 is 4.74 Å². The quantitative estimate of drug-likeness (QED) is 0.668. The zero-order valence-corrected chi connectivity index (χ0v) is 10.7. The monoisotopic (exact) mass is 281 g/mol. The summed E-state index contributed by atoms with van der Waals surface area (Å²) in [6.45, 7) is 0. The fraction of sp³-hybridized carbons (Fsp3) is 0. The van der Waals surface area contributed by atoms with Gasteiger partial charge in [-0.3, -0.25) is 5.41 Å². The van der Waals surface area contributed by atoms with Crippen LogP contribution in [0.2, 0.25) is 10.0 Å². The molecule has 0 spiro atoms. The number of nitrogens with zero attached hydrogens (tertiary/aromatic N) is 1. The van der Waals surface area contributed by atoms with Crippen LogP contribution in [0.15, 0.2) is 36.5 Å². The molecule has 0 bridgehead atoms. The van der Waals surface area contributed by atoms with Crippen LogP contribution in [0.1, 0.15) is 5.56 Å². The van der Waals surface area contributed by atoms with E-state index in [9.17, 15) is 0 Å². The molecular formula is C12H9Cl2N3O. The molecule has 2 rings (SSSR count). The highest BCUT2D eigenvalue weighted by atomic mass is 35.5. The van der Waals surface area contributed by atoms with Crippen molar-refractivity contribution in [2.24, 2.45) is 5.73 Å². The van der Waals surface area contributed by atoms with Crippen molar-refractivity contribution in [3.8, 4) is 11.6 Å². The minimum absolute atomic E-state index is 0.0514. The van der Waals surface area contributed by atoms with E-state index in [1.165, 1.54) is 6.20 Å². The number of hydrogen-bond acceptors (Lipinski definition) is 3. The standard InChI is InChI=1S/C12H9Cl2N3O/c13-8-1-2-10(9(14)6-8)18-11-5-7(12(15)16)3-4-17-11/h1-6H,(H3,15,16). The minimum atomic E-state index is -0.0514. The molecule has 0 aliphatic carbocycles. The Kier molecular flexibility index (Phi) is 3.69. The number of nitrogens with one attached hydrogen (secondary N) is 1. The third kappa shape index (κ3) is 2.91. The Morgan fingerprint density at radius 2 is 2.00 bits per heavy atom. The number of hydrogen-bond donors (Lipinski definition) is 2. The molecule has 0 aliphatic heterocycles. The highest BCUT2D eigenvalue weighted by molar-refractivity contribution is 6.35. The van der Waals surface area contributed by atoms with Crippen LogP contribution in [0.3, 0.4) is 0 Å². The molecule has 0 aliphatic rings. The average molecular weight is 282 g/mol. The van der Waals surface area contributed by atoms with Crippen LogP contribution in [0, 0.1) is 5.41 Å². The summed E-state index contributed by atoms with van der Waals surface area (Å²) in [5.41, 5.74) is 5.91. The molecule has 0 saturated heterocycles. The number of rotatable bonds is 3. The van der Waals surface area contributed by atoms with E-state index in [2.05, 4.69) is 4.98 Å². The van der Waals surface area contributed by atoms with Crippen molar-refractivity contribution in [3.05, 3.63) is 52.1 Å². The van der Waals surface area contributed by atoms with Gasteiger partial charge in [-0.15, -0.1) is 0 Å². The second kappa shape index (κ2) is 5.25. The van der Waals surface area contributed by atoms with Crippen molar-refractivity contribution in [2.45, 2.75) is 0 Å². The van der Waals surface area contributed by atoms with Gasteiger partial charge in [-0.25, -0.2) is 4.98 Å². The maximum atomic E-state index is 7.33. The molecule has 1 heterocycles. The van der Waals surface area contributed by atoms with Gasteiger partial charge >= 0.3 is 0 Å². The van der Waals surface area contributed by atoms with Crippen molar-refractivity contribution in [1.29, 1.82) is 5.41 Å². The zero-order valence-electron chi connectivity index (χ0n) is 9.15. The molecule has 0 amide bonds. The fourth-order valence-corrected chi connectivity index (χ4v) is 1.75. The Labute approximate surface area is 114 Å². The van der Waals surface area contributed by atoms with Gasteiger partial charge < -0.3 is 10.5 Å². The maximum Gasteiger partial charge on any atom is 0.219 e. The molecule has 0 unspecified atom stereocenters. The number of amidine groups is 1. The molecule has 2 aromatic rings. The third-order valence-electron chi connectivity index (χ3n) is 2.15. The second-order valence-electron chi connectivity index (χ2n) is 3.47. The van der Waals surface area contributed by atoms with Crippen LogP contribution < -0.4 is 10.5 Å². The summed E-state index contributed by atoms with van der Waals surface area (Å²) in [6, 6.07) is 8.07. The van der Waals surface area contributed by atoms with Crippen LogP contribution in [0.5, 0.6) is 11.6 Å². The summed E-state index contributed by atoms with van der Waals surface area (Å²) in [5, 5.41) is 8.25. The second-order valence-corrected chi connectivity index (χ2v) is 4.32. The molecular weight excluding hydrogens is 273 g/mol. The summed E-state index contributed by atoms with van der Waals surface area (Å²) >= 11 is 11.8. The molecule has 18 heavy (non-hydrogen) atoms. The van der Waals surface area contributed by atoms with E-state index >= 15 is 0 Å². The number of pyridine rings is 1. The molecule has 0 saturated carbocycles. The SMILES string of the molecule is N=C(N)c1ccnc(Oc2ccc(Cl)cc2Cl)c1. The normalized spacial score (nSPS) is 10.1. The van der Waals surface area contributed by atoms with Crippen molar-refractivity contribution in [2.75, 3.05) is 0 Å². The lowest BCUT2D eigenvalue weighted by molar-refractivity contribution is 0.463. The van der Waals surface area contributed by atoms with E-state index in [-0.39, 0.29) is 5.84 Å². The molecule has 4 nitrogen and oxygen atoms in total.